The number of allylic oxidation sites excluding steroid dienone is 1. The van der Waals surface area contributed by atoms with Crippen LogP contribution in [0.2, 0.25) is 0 Å². The molecule has 0 spiro atoms. The van der Waals surface area contributed by atoms with E-state index in [0.29, 0.717) is 13.0 Å². The van der Waals surface area contributed by atoms with Gasteiger partial charge in [-0.25, -0.2) is 5.48 Å². The second-order valence-electron chi connectivity index (χ2n) is 9.32. The zero-order valence-electron chi connectivity index (χ0n) is 20.5. The summed E-state index contributed by atoms with van der Waals surface area (Å²) in [6, 6.07) is 9.61. The average Bonchev–Trinajstić information content (AvgIpc) is 2.78. The molecule has 1 rings (SSSR count). The number of benzene rings is 1. The molecule has 1 unspecified atom stereocenters. The maximum Gasteiger partial charge on any atom is 0.247 e. The van der Waals surface area contributed by atoms with Gasteiger partial charge in [0.25, 0.3) is 0 Å². The van der Waals surface area contributed by atoms with Crippen LogP contribution in [0.5, 0.6) is 0 Å². The van der Waals surface area contributed by atoms with E-state index in [4.69, 9.17) is 5.73 Å². The van der Waals surface area contributed by atoms with Crippen molar-refractivity contribution in [3.8, 4) is 0 Å². The predicted molar refractivity (Wildman–Crippen MR) is 129 cm³/mol. The monoisotopic (exact) mass is 460 g/mol. The highest BCUT2D eigenvalue weighted by atomic mass is 16.5. The van der Waals surface area contributed by atoms with Crippen LogP contribution in [0, 0.1) is 29.6 Å². The quantitative estimate of drug-likeness (QED) is 0.282. The Hall–Kier alpha value is -2.71. The molecule has 0 heterocycles. The summed E-state index contributed by atoms with van der Waals surface area (Å²) in [5.74, 6) is -3.09. The minimum absolute atomic E-state index is 0.116. The van der Waals surface area contributed by atoms with E-state index in [1.807, 2.05) is 70.2 Å². The summed E-state index contributed by atoms with van der Waals surface area (Å²) in [6.07, 6.45) is 4.37. The number of hydrogen-bond donors (Lipinski definition) is 4. The van der Waals surface area contributed by atoms with E-state index in [1.165, 1.54) is 5.01 Å². The Morgan fingerprint density at radius 2 is 1.64 bits per heavy atom. The van der Waals surface area contributed by atoms with Gasteiger partial charge in [-0.3, -0.25) is 30.0 Å². The summed E-state index contributed by atoms with van der Waals surface area (Å²) in [4.78, 5) is 38.7. The topological polar surface area (TPSA) is 125 Å². The predicted octanol–water partition coefficient (Wildman–Crippen LogP) is 2.98. The van der Waals surface area contributed by atoms with Gasteiger partial charge >= 0.3 is 0 Å². The van der Waals surface area contributed by atoms with E-state index < -0.39 is 29.6 Å². The van der Waals surface area contributed by atoms with Crippen molar-refractivity contribution in [1.82, 2.24) is 15.9 Å². The van der Waals surface area contributed by atoms with Gasteiger partial charge in [0.1, 0.15) is 0 Å². The molecular weight excluding hydrogens is 420 g/mol. The van der Waals surface area contributed by atoms with E-state index in [-0.39, 0.29) is 30.7 Å². The van der Waals surface area contributed by atoms with Crippen LogP contribution in [0.25, 0.3) is 6.08 Å². The molecule has 0 fully saturated rings. The van der Waals surface area contributed by atoms with Crippen LogP contribution in [0.3, 0.4) is 0 Å². The lowest BCUT2D eigenvalue weighted by Gasteiger charge is -2.31. The third-order valence-electron chi connectivity index (χ3n) is 5.33. The first-order chi connectivity index (χ1) is 15.6. The molecule has 0 saturated heterocycles. The number of nitrogens with one attached hydrogen (secondary N) is 2. The van der Waals surface area contributed by atoms with Crippen LogP contribution in [-0.4, -0.2) is 41.0 Å². The van der Waals surface area contributed by atoms with Gasteiger partial charge in [-0.15, -0.1) is 0 Å². The molecule has 1 aromatic carbocycles. The fraction of sp³-hybridized carbons (Fsp3) is 0.560. The van der Waals surface area contributed by atoms with Gasteiger partial charge < -0.3 is 5.73 Å². The minimum atomic E-state index is -0.805. The Morgan fingerprint density at radius 3 is 2.15 bits per heavy atom. The fourth-order valence-electron chi connectivity index (χ4n) is 3.55. The van der Waals surface area contributed by atoms with Crippen LogP contribution in [0.4, 0.5) is 0 Å². The van der Waals surface area contributed by atoms with Crippen molar-refractivity contribution in [2.45, 2.75) is 47.5 Å². The van der Waals surface area contributed by atoms with Gasteiger partial charge in [0, 0.05) is 19.0 Å². The zero-order chi connectivity index (χ0) is 25.0. The molecule has 33 heavy (non-hydrogen) atoms. The highest BCUT2D eigenvalue weighted by molar-refractivity contribution is 5.89. The number of carbonyl (C=O) groups excluding carboxylic acids is 3. The summed E-state index contributed by atoms with van der Waals surface area (Å²) in [6.45, 7) is 10.0. The van der Waals surface area contributed by atoms with Crippen molar-refractivity contribution in [2.75, 3.05) is 13.1 Å². The number of rotatable bonds is 12. The van der Waals surface area contributed by atoms with Gasteiger partial charge in [-0.2, -0.15) is 0 Å². The van der Waals surface area contributed by atoms with Gasteiger partial charge in [0.2, 0.25) is 17.7 Å². The number of nitrogens with zero attached hydrogens (tertiary/aromatic N) is 1. The van der Waals surface area contributed by atoms with Crippen LogP contribution in [0.1, 0.15) is 53.0 Å². The molecule has 0 bridgehead atoms. The summed E-state index contributed by atoms with van der Waals surface area (Å²) in [5, 5.41) is 10.7. The van der Waals surface area contributed by atoms with Crippen molar-refractivity contribution < 1.29 is 19.6 Å². The summed E-state index contributed by atoms with van der Waals surface area (Å²) in [7, 11) is 0. The first-order valence-electron chi connectivity index (χ1n) is 11.6. The van der Waals surface area contributed by atoms with Crippen molar-refractivity contribution in [3.63, 3.8) is 0 Å². The lowest BCUT2D eigenvalue weighted by Crippen LogP contribution is -2.54. The Bertz CT molecular complexity index is 780. The van der Waals surface area contributed by atoms with E-state index in [2.05, 4.69) is 5.43 Å². The summed E-state index contributed by atoms with van der Waals surface area (Å²) in [5.41, 5.74) is 11.1. The standard InChI is InChI=1S/C25H40N4O4/c1-17(2)14-22(23(30)27-29(16-18(3)4)25(32)19(5)15-26)21(24(31)28-33)13-9-12-20-10-7-6-8-11-20/h6-12,17-19,21-22,33H,13-16,26H2,1-5H3,(H,27,30)(H,28,31)/t19?,21-,22+/m0/s1. The summed E-state index contributed by atoms with van der Waals surface area (Å²) >= 11 is 0. The molecule has 8 heteroatoms. The first-order valence-corrected chi connectivity index (χ1v) is 11.6. The van der Waals surface area contributed by atoms with Crippen molar-refractivity contribution in [3.05, 3.63) is 42.0 Å². The second-order valence-corrected chi connectivity index (χ2v) is 9.32. The summed E-state index contributed by atoms with van der Waals surface area (Å²) < 4.78 is 0. The highest BCUT2D eigenvalue weighted by Gasteiger charge is 2.35. The lowest BCUT2D eigenvalue weighted by atomic mass is 9.82. The number of carbonyl (C=O) groups is 3. The molecule has 3 amide bonds. The Morgan fingerprint density at radius 1 is 1.00 bits per heavy atom. The molecule has 5 N–H and O–H groups in total. The molecule has 3 atom stereocenters. The van der Waals surface area contributed by atoms with Gasteiger partial charge in [-0.05, 0) is 30.2 Å². The third kappa shape index (κ3) is 9.75. The number of hydrogen-bond acceptors (Lipinski definition) is 5. The maximum absolute atomic E-state index is 13.4. The third-order valence-corrected chi connectivity index (χ3v) is 5.33. The molecule has 0 saturated carbocycles. The van der Waals surface area contributed by atoms with Crippen LogP contribution >= 0.6 is 0 Å². The fourth-order valence-corrected chi connectivity index (χ4v) is 3.55. The Kier molecular flexibility index (Phi) is 12.4. The number of hydroxylamine groups is 1. The highest BCUT2D eigenvalue weighted by Crippen LogP contribution is 2.26. The normalized spacial score (nSPS) is 14.2. The average molecular weight is 461 g/mol. The SMILES string of the molecule is CC(C)C[C@@H](C(=O)NN(CC(C)C)C(=O)C(C)CN)[C@H](CC=Cc1ccccc1)C(=O)NO. The van der Waals surface area contributed by atoms with Crippen LogP contribution in [-0.2, 0) is 14.4 Å². The van der Waals surface area contributed by atoms with E-state index >= 15 is 0 Å². The van der Waals surface area contributed by atoms with E-state index in [0.717, 1.165) is 5.56 Å². The van der Waals surface area contributed by atoms with Crippen LogP contribution in [0.15, 0.2) is 36.4 Å². The second kappa shape index (κ2) is 14.4. The largest absolute Gasteiger partial charge is 0.330 e. The van der Waals surface area contributed by atoms with Crippen molar-refractivity contribution in [1.29, 1.82) is 0 Å². The van der Waals surface area contributed by atoms with Gasteiger partial charge in [0.05, 0.1) is 11.8 Å². The maximum atomic E-state index is 13.4. The lowest BCUT2D eigenvalue weighted by molar-refractivity contribution is -0.149. The van der Waals surface area contributed by atoms with Gasteiger partial charge in [-0.1, -0.05) is 77.1 Å². The molecule has 0 aliphatic heterocycles. The van der Waals surface area contributed by atoms with E-state index in [9.17, 15) is 19.6 Å². The molecule has 0 aliphatic carbocycles. The molecule has 8 nitrogen and oxygen atoms in total. The smallest absolute Gasteiger partial charge is 0.247 e. The zero-order valence-corrected chi connectivity index (χ0v) is 20.5. The Balaban J connectivity index is 3.15. The van der Waals surface area contributed by atoms with E-state index in [1.54, 1.807) is 12.4 Å². The molecule has 1 aromatic rings. The number of hydrazine groups is 1. The molecule has 184 valence electrons. The Labute approximate surface area is 197 Å². The van der Waals surface area contributed by atoms with Crippen molar-refractivity contribution >= 4 is 23.8 Å². The number of amides is 3. The molecular formula is C25H40N4O4. The first kappa shape index (κ1) is 28.3. The minimum Gasteiger partial charge on any atom is -0.330 e. The van der Waals surface area contributed by atoms with Crippen molar-refractivity contribution in [2.24, 2.45) is 35.3 Å². The number of nitrogens with two attached hydrogens (primary N) is 1. The van der Waals surface area contributed by atoms with Gasteiger partial charge in [0.15, 0.2) is 0 Å². The molecule has 0 radical (unpaired) electrons. The van der Waals surface area contributed by atoms with Crippen LogP contribution < -0.4 is 16.6 Å². The molecule has 0 aromatic heterocycles. The molecule has 0 aliphatic rings.